The molecule has 1 aromatic carbocycles. The van der Waals surface area contributed by atoms with E-state index in [4.69, 9.17) is 0 Å². The first kappa shape index (κ1) is 13.5. The topological polar surface area (TPSA) is 15.6 Å². The Morgan fingerprint density at radius 1 is 1.38 bits per heavy atom. The van der Waals surface area contributed by atoms with Crippen LogP contribution in [0.25, 0.3) is 15.8 Å². The molecule has 0 fully saturated rings. The molecule has 4 rings (SSSR count). The number of aliphatic imine (C=N–C) groups is 1. The van der Waals surface area contributed by atoms with Gasteiger partial charge in [0, 0.05) is 32.0 Å². The molecule has 0 radical (unpaired) electrons. The van der Waals surface area contributed by atoms with E-state index < -0.39 is 0 Å². The van der Waals surface area contributed by atoms with Crippen LogP contribution in [0.2, 0.25) is 0 Å². The van der Waals surface area contributed by atoms with Gasteiger partial charge in [-0.2, -0.15) is 0 Å². The Hall–Kier alpha value is -1.17. The summed E-state index contributed by atoms with van der Waals surface area (Å²) in [4.78, 5) is 9.50. The van der Waals surface area contributed by atoms with Gasteiger partial charge in [-0.1, -0.05) is 18.7 Å². The van der Waals surface area contributed by atoms with Crippen molar-refractivity contribution in [1.29, 1.82) is 0 Å². The smallest absolute Gasteiger partial charge is 0.168 e. The number of benzene rings is 1. The van der Waals surface area contributed by atoms with Gasteiger partial charge in [0.2, 0.25) is 0 Å². The number of fused-ring (bicyclic) bond motifs is 2. The third-order valence-corrected chi connectivity index (χ3v) is 6.72. The van der Waals surface area contributed by atoms with Crippen molar-refractivity contribution in [3.63, 3.8) is 0 Å². The van der Waals surface area contributed by atoms with Gasteiger partial charge in [-0.15, -0.1) is 23.1 Å². The minimum atomic E-state index is 0.895. The highest BCUT2D eigenvalue weighted by molar-refractivity contribution is 8.17. The van der Waals surface area contributed by atoms with Gasteiger partial charge in [0.05, 0.1) is 12.2 Å². The molecule has 106 valence electrons. The zero-order chi connectivity index (χ0) is 14.4. The van der Waals surface area contributed by atoms with Gasteiger partial charge in [-0.05, 0) is 35.5 Å². The van der Waals surface area contributed by atoms with Gasteiger partial charge in [-0.3, -0.25) is 4.99 Å². The molecule has 0 spiro atoms. The Morgan fingerprint density at radius 3 is 3.10 bits per heavy atom. The van der Waals surface area contributed by atoms with Crippen LogP contribution in [0.1, 0.15) is 5.56 Å². The van der Waals surface area contributed by atoms with Crippen LogP contribution >= 0.6 is 34.9 Å². The maximum Gasteiger partial charge on any atom is 0.168 e. The summed E-state index contributed by atoms with van der Waals surface area (Å²) in [5, 5.41) is 4.65. The van der Waals surface area contributed by atoms with Crippen LogP contribution in [0.5, 0.6) is 0 Å². The van der Waals surface area contributed by atoms with Crippen LogP contribution in [-0.4, -0.2) is 29.4 Å². The van der Waals surface area contributed by atoms with E-state index in [2.05, 4.69) is 46.3 Å². The summed E-state index contributed by atoms with van der Waals surface area (Å²) < 4.78 is 1.38. The Kier molecular flexibility index (Phi) is 3.36. The molecule has 2 aromatic rings. The third-order valence-electron chi connectivity index (χ3n) is 3.75. The van der Waals surface area contributed by atoms with Gasteiger partial charge >= 0.3 is 0 Å². The second-order valence-electron chi connectivity index (χ2n) is 4.81. The number of thiophene rings is 1. The van der Waals surface area contributed by atoms with E-state index in [9.17, 15) is 0 Å². The maximum absolute atomic E-state index is 4.59. The monoisotopic (exact) mass is 330 g/mol. The second kappa shape index (κ2) is 5.23. The number of hydrogen-bond acceptors (Lipinski definition) is 5. The van der Waals surface area contributed by atoms with Crippen molar-refractivity contribution < 1.29 is 0 Å². The number of allylic oxidation sites excluding steroid dienone is 1. The van der Waals surface area contributed by atoms with Gasteiger partial charge < -0.3 is 4.90 Å². The minimum Gasteiger partial charge on any atom is -0.317 e. The molecule has 0 unspecified atom stereocenters. The molecular weight excluding hydrogens is 316 g/mol. The Morgan fingerprint density at radius 2 is 2.29 bits per heavy atom. The van der Waals surface area contributed by atoms with Crippen LogP contribution in [-0.2, 0) is 0 Å². The molecule has 0 amide bonds. The van der Waals surface area contributed by atoms with Crippen molar-refractivity contribution in [1.82, 2.24) is 4.90 Å². The van der Waals surface area contributed by atoms with E-state index >= 15 is 0 Å². The normalized spacial score (nSPS) is 17.6. The molecule has 0 atom stereocenters. The van der Waals surface area contributed by atoms with E-state index in [1.54, 1.807) is 11.8 Å². The number of thioether (sulfide) groups is 2. The molecular formula is C16H14N2S3. The largest absolute Gasteiger partial charge is 0.317 e. The van der Waals surface area contributed by atoms with Crippen molar-refractivity contribution in [2.24, 2.45) is 4.99 Å². The lowest BCUT2D eigenvalue weighted by molar-refractivity contribution is 0.649. The fourth-order valence-electron chi connectivity index (χ4n) is 2.82. The fourth-order valence-corrected chi connectivity index (χ4v) is 5.59. The number of amidine groups is 1. The lowest BCUT2D eigenvalue weighted by Gasteiger charge is -2.18. The van der Waals surface area contributed by atoms with Crippen molar-refractivity contribution in [2.45, 2.75) is 4.90 Å². The number of nitrogens with zero attached hydrogens (tertiary/aromatic N) is 2. The van der Waals surface area contributed by atoms with E-state index in [0.29, 0.717) is 0 Å². The highest BCUT2D eigenvalue weighted by Gasteiger charge is 2.32. The highest BCUT2D eigenvalue weighted by Crippen LogP contribution is 2.45. The predicted molar refractivity (Wildman–Crippen MR) is 97.3 cm³/mol. The summed E-state index contributed by atoms with van der Waals surface area (Å²) in [5.41, 5.74) is 2.58. The van der Waals surface area contributed by atoms with E-state index in [-0.39, 0.29) is 0 Å². The van der Waals surface area contributed by atoms with Crippen LogP contribution in [0, 0.1) is 0 Å². The minimum absolute atomic E-state index is 0.895. The van der Waals surface area contributed by atoms with Crippen LogP contribution in [0.4, 0.5) is 0 Å². The molecule has 1 aromatic heterocycles. The molecule has 0 bridgehead atoms. The lowest BCUT2D eigenvalue weighted by Crippen LogP contribution is -2.20. The van der Waals surface area contributed by atoms with Crippen molar-refractivity contribution in [2.75, 3.05) is 19.3 Å². The van der Waals surface area contributed by atoms with Crippen LogP contribution < -0.4 is 0 Å². The first-order chi connectivity index (χ1) is 10.3. The first-order valence-corrected chi connectivity index (χ1v) is 9.66. The molecule has 3 heterocycles. The van der Waals surface area contributed by atoms with Crippen LogP contribution in [0.15, 0.2) is 51.0 Å². The molecule has 2 aliphatic heterocycles. The molecule has 2 nitrogen and oxygen atoms in total. The van der Waals surface area contributed by atoms with Gasteiger partial charge in [0.15, 0.2) is 5.17 Å². The SMILES string of the molecule is C=CC1=C(c2ccc(SC)c3sccc23)N2CCN=C2S1. The molecule has 0 aliphatic carbocycles. The van der Waals surface area contributed by atoms with E-state index in [1.807, 2.05) is 29.2 Å². The number of rotatable bonds is 3. The van der Waals surface area contributed by atoms with Crippen LogP contribution in [0.3, 0.4) is 0 Å². The van der Waals surface area contributed by atoms with Crippen molar-refractivity contribution >= 4 is 55.8 Å². The predicted octanol–water partition coefficient (Wildman–Crippen LogP) is 4.90. The molecule has 5 heteroatoms. The molecule has 0 N–H and O–H groups in total. The molecule has 2 aliphatic rings. The highest BCUT2D eigenvalue weighted by atomic mass is 32.2. The van der Waals surface area contributed by atoms with Gasteiger partial charge in [0.1, 0.15) is 0 Å². The summed E-state index contributed by atoms with van der Waals surface area (Å²) >= 11 is 5.37. The zero-order valence-corrected chi connectivity index (χ0v) is 14.1. The molecule has 21 heavy (non-hydrogen) atoms. The summed E-state index contributed by atoms with van der Waals surface area (Å²) in [6.45, 7) is 5.86. The third kappa shape index (κ3) is 1.99. The average molecular weight is 331 g/mol. The summed E-state index contributed by atoms with van der Waals surface area (Å²) in [6.07, 6.45) is 4.10. The van der Waals surface area contributed by atoms with Gasteiger partial charge in [-0.25, -0.2) is 0 Å². The summed E-state index contributed by atoms with van der Waals surface area (Å²) in [5.74, 6) is 0. The number of hydrogen-bond donors (Lipinski definition) is 0. The lowest BCUT2D eigenvalue weighted by atomic mass is 10.1. The van der Waals surface area contributed by atoms with Gasteiger partial charge in [0.25, 0.3) is 0 Å². The Bertz CT molecular complexity index is 801. The van der Waals surface area contributed by atoms with E-state index in [1.165, 1.54) is 31.1 Å². The second-order valence-corrected chi connectivity index (χ2v) is 7.59. The standard InChI is InChI=1S/C16H14N2S3/c1-3-12-14(18-8-7-17-16(18)21-12)10-4-5-13(19-2)15-11(10)6-9-20-15/h3-6,9H,1,7-8H2,2H3. The summed E-state index contributed by atoms with van der Waals surface area (Å²) in [6, 6.07) is 6.72. The zero-order valence-electron chi connectivity index (χ0n) is 11.6. The molecule has 0 saturated heterocycles. The molecule has 0 saturated carbocycles. The summed E-state index contributed by atoms with van der Waals surface area (Å²) in [7, 11) is 0. The first-order valence-electron chi connectivity index (χ1n) is 6.74. The van der Waals surface area contributed by atoms with E-state index in [0.717, 1.165) is 18.3 Å². The quantitative estimate of drug-likeness (QED) is 0.745. The Balaban J connectivity index is 1.96. The Labute approximate surface area is 136 Å². The maximum atomic E-state index is 4.59. The fraction of sp³-hybridized carbons (Fsp3) is 0.188. The van der Waals surface area contributed by atoms with Crippen molar-refractivity contribution in [3.05, 3.63) is 46.7 Å². The van der Waals surface area contributed by atoms with Crippen molar-refractivity contribution in [3.8, 4) is 0 Å². The average Bonchev–Trinajstić information content (AvgIpc) is 3.20.